The van der Waals surface area contributed by atoms with E-state index < -0.39 is 0 Å². The Morgan fingerprint density at radius 3 is 2.84 bits per heavy atom. The molecular weight excluding hydrogens is 238 g/mol. The minimum Gasteiger partial charge on any atom is -0.481 e. The van der Waals surface area contributed by atoms with E-state index in [4.69, 9.17) is 4.74 Å². The van der Waals surface area contributed by atoms with E-state index in [-0.39, 0.29) is 5.54 Å². The fourth-order valence-electron chi connectivity index (χ4n) is 2.66. The first kappa shape index (κ1) is 14.3. The van der Waals surface area contributed by atoms with E-state index in [9.17, 15) is 0 Å². The molecule has 19 heavy (non-hydrogen) atoms. The Bertz CT molecular complexity index is 402. The highest BCUT2D eigenvalue weighted by Gasteiger charge is 2.31. The molecule has 0 radical (unpaired) electrons. The Kier molecular flexibility index (Phi) is 4.42. The lowest BCUT2D eigenvalue weighted by molar-refractivity contribution is 0.0857. The quantitative estimate of drug-likeness (QED) is 0.902. The van der Waals surface area contributed by atoms with Crippen LogP contribution in [-0.2, 0) is 6.54 Å². The number of nitrogens with zero attached hydrogens (tertiary/aromatic N) is 2. The van der Waals surface area contributed by atoms with E-state index in [2.05, 4.69) is 42.0 Å². The Hall–Kier alpha value is -1.13. The van der Waals surface area contributed by atoms with Crippen LogP contribution in [0.1, 0.15) is 32.8 Å². The molecule has 1 fully saturated rings. The molecule has 2 heterocycles. The van der Waals surface area contributed by atoms with Crippen LogP contribution in [-0.4, -0.2) is 41.7 Å². The zero-order chi connectivity index (χ0) is 13.9. The first-order chi connectivity index (χ1) is 9.04. The van der Waals surface area contributed by atoms with Crippen LogP contribution in [0.2, 0.25) is 0 Å². The Morgan fingerprint density at radius 1 is 1.47 bits per heavy atom. The van der Waals surface area contributed by atoms with Crippen molar-refractivity contribution in [2.75, 3.05) is 20.2 Å². The maximum absolute atomic E-state index is 5.10. The van der Waals surface area contributed by atoms with E-state index in [1.54, 1.807) is 7.11 Å². The van der Waals surface area contributed by atoms with E-state index in [0.717, 1.165) is 19.6 Å². The zero-order valence-electron chi connectivity index (χ0n) is 12.4. The van der Waals surface area contributed by atoms with Crippen LogP contribution in [0.15, 0.2) is 18.3 Å². The molecule has 106 valence electrons. The minimum absolute atomic E-state index is 0.186. The number of hydrogen-bond donors (Lipinski definition) is 1. The van der Waals surface area contributed by atoms with Crippen LogP contribution in [0.3, 0.4) is 0 Å². The molecular formula is C15H25N3O. The molecule has 1 aliphatic rings. The summed E-state index contributed by atoms with van der Waals surface area (Å²) < 4.78 is 5.10. The van der Waals surface area contributed by atoms with Crippen molar-refractivity contribution in [3.63, 3.8) is 0 Å². The number of hydrogen-bond acceptors (Lipinski definition) is 4. The van der Waals surface area contributed by atoms with Crippen LogP contribution in [0.25, 0.3) is 0 Å². The van der Waals surface area contributed by atoms with Crippen molar-refractivity contribution in [2.24, 2.45) is 0 Å². The minimum atomic E-state index is 0.186. The monoisotopic (exact) mass is 263 g/mol. The van der Waals surface area contributed by atoms with Crippen molar-refractivity contribution in [2.45, 2.75) is 45.3 Å². The third kappa shape index (κ3) is 3.67. The van der Waals surface area contributed by atoms with Gasteiger partial charge in [0, 0.05) is 43.5 Å². The van der Waals surface area contributed by atoms with Gasteiger partial charge in [-0.3, -0.25) is 4.90 Å². The lowest BCUT2D eigenvalue weighted by Gasteiger charge is -2.44. The topological polar surface area (TPSA) is 37.4 Å². The second-order valence-electron chi connectivity index (χ2n) is 5.94. The van der Waals surface area contributed by atoms with E-state index >= 15 is 0 Å². The summed E-state index contributed by atoms with van der Waals surface area (Å²) in [6.07, 6.45) is 3.09. The average molecular weight is 263 g/mol. The van der Waals surface area contributed by atoms with Gasteiger partial charge in [0.05, 0.1) is 7.11 Å². The van der Waals surface area contributed by atoms with Crippen molar-refractivity contribution >= 4 is 0 Å². The van der Waals surface area contributed by atoms with Crippen molar-refractivity contribution < 1.29 is 4.74 Å². The number of pyridine rings is 1. The van der Waals surface area contributed by atoms with Crippen LogP contribution in [0, 0.1) is 0 Å². The van der Waals surface area contributed by atoms with Crippen LogP contribution < -0.4 is 10.1 Å². The highest BCUT2D eigenvalue weighted by Crippen LogP contribution is 2.20. The Balaban J connectivity index is 2.05. The van der Waals surface area contributed by atoms with E-state index in [0.29, 0.717) is 11.9 Å². The van der Waals surface area contributed by atoms with Gasteiger partial charge in [-0.1, -0.05) is 13.0 Å². The average Bonchev–Trinajstić information content (AvgIpc) is 2.39. The first-order valence-corrected chi connectivity index (χ1v) is 7.02. The van der Waals surface area contributed by atoms with Gasteiger partial charge in [0.2, 0.25) is 5.88 Å². The summed E-state index contributed by atoms with van der Waals surface area (Å²) in [5.74, 6) is 0.677. The van der Waals surface area contributed by atoms with Crippen LogP contribution >= 0.6 is 0 Å². The summed E-state index contributed by atoms with van der Waals surface area (Å²) in [5, 5.41) is 3.62. The van der Waals surface area contributed by atoms with Crippen molar-refractivity contribution in [3.05, 3.63) is 23.9 Å². The van der Waals surface area contributed by atoms with Crippen LogP contribution in [0.4, 0.5) is 0 Å². The zero-order valence-corrected chi connectivity index (χ0v) is 12.4. The van der Waals surface area contributed by atoms with Gasteiger partial charge in [-0.15, -0.1) is 0 Å². The van der Waals surface area contributed by atoms with Crippen molar-refractivity contribution in [1.29, 1.82) is 0 Å². The number of nitrogens with one attached hydrogen (secondary N) is 1. The maximum Gasteiger partial charge on any atom is 0.212 e. The summed E-state index contributed by atoms with van der Waals surface area (Å²) in [6.45, 7) is 9.87. The molecule has 1 saturated heterocycles. The van der Waals surface area contributed by atoms with Gasteiger partial charge in [-0.05, 0) is 25.8 Å². The third-order valence-corrected chi connectivity index (χ3v) is 3.79. The van der Waals surface area contributed by atoms with Gasteiger partial charge in [0.15, 0.2) is 0 Å². The van der Waals surface area contributed by atoms with Crippen LogP contribution in [0.5, 0.6) is 5.88 Å². The van der Waals surface area contributed by atoms with Gasteiger partial charge in [-0.25, -0.2) is 4.98 Å². The predicted octanol–water partition coefficient (Wildman–Crippen LogP) is 2.05. The molecule has 1 aliphatic heterocycles. The maximum atomic E-state index is 5.10. The molecule has 1 unspecified atom stereocenters. The SMILES string of the molecule is CCC1CNC(C)(C)CN1Cc1ccc(OC)nc1. The number of ether oxygens (including phenoxy) is 1. The molecule has 1 aromatic rings. The number of rotatable bonds is 4. The van der Waals surface area contributed by atoms with E-state index in [1.807, 2.05) is 12.3 Å². The van der Waals surface area contributed by atoms with Gasteiger partial charge in [0.25, 0.3) is 0 Å². The second kappa shape index (κ2) is 5.88. The van der Waals surface area contributed by atoms with E-state index in [1.165, 1.54) is 12.0 Å². The highest BCUT2D eigenvalue weighted by molar-refractivity contribution is 5.18. The number of aromatic nitrogens is 1. The third-order valence-electron chi connectivity index (χ3n) is 3.79. The molecule has 1 atom stereocenters. The smallest absolute Gasteiger partial charge is 0.212 e. The largest absolute Gasteiger partial charge is 0.481 e. The summed E-state index contributed by atoms with van der Waals surface area (Å²) >= 11 is 0. The normalized spacial score (nSPS) is 23.3. The van der Waals surface area contributed by atoms with Gasteiger partial charge < -0.3 is 10.1 Å². The first-order valence-electron chi connectivity index (χ1n) is 7.02. The standard InChI is InChI=1S/C15H25N3O/c1-5-13-9-17-15(2,3)11-18(13)10-12-6-7-14(19-4)16-8-12/h6-8,13,17H,5,9-11H2,1-4H3. The summed E-state index contributed by atoms with van der Waals surface area (Å²) in [4.78, 5) is 6.84. The van der Waals surface area contributed by atoms with Crippen molar-refractivity contribution in [3.8, 4) is 5.88 Å². The number of piperazine rings is 1. The fourth-order valence-corrected chi connectivity index (χ4v) is 2.66. The van der Waals surface area contributed by atoms with Crippen molar-refractivity contribution in [1.82, 2.24) is 15.2 Å². The van der Waals surface area contributed by atoms with Gasteiger partial charge >= 0.3 is 0 Å². The molecule has 0 aromatic carbocycles. The lowest BCUT2D eigenvalue weighted by Crippen LogP contribution is -2.60. The van der Waals surface area contributed by atoms with Gasteiger partial charge in [0.1, 0.15) is 0 Å². The molecule has 4 heteroatoms. The molecule has 0 bridgehead atoms. The second-order valence-corrected chi connectivity index (χ2v) is 5.94. The highest BCUT2D eigenvalue weighted by atomic mass is 16.5. The Labute approximate surface area is 116 Å². The molecule has 0 spiro atoms. The summed E-state index contributed by atoms with van der Waals surface area (Å²) in [6, 6.07) is 4.65. The molecule has 4 nitrogen and oxygen atoms in total. The number of methoxy groups -OCH3 is 1. The molecule has 0 aliphatic carbocycles. The summed E-state index contributed by atoms with van der Waals surface area (Å²) in [5.41, 5.74) is 1.43. The molecule has 1 N–H and O–H groups in total. The molecule has 0 amide bonds. The molecule has 1 aromatic heterocycles. The summed E-state index contributed by atoms with van der Waals surface area (Å²) in [7, 11) is 1.65. The molecule has 0 saturated carbocycles. The predicted molar refractivity (Wildman–Crippen MR) is 77.4 cm³/mol. The van der Waals surface area contributed by atoms with Gasteiger partial charge in [-0.2, -0.15) is 0 Å². The Morgan fingerprint density at radius 2 is 2.26 bits per heavy atom. The molecule has 2 rings (SSSR count). The lowest BCUT2D eigenvalue weighted by atomic mass is 9.97. The fraction of sp³-hybridized carbons (Fsp3) is 0.667.